The van der Waals surface area contributed by atoms with E-state index >= 15 is 0 Å². The fourth-order valence-corrected chi connectivity index (χ4v) is 6.02. The number of rotatable bonds is 4. The Balaban J connectivity index is 1.49. The molecule has 2 atom stereocenters. The first-order valence-electron chi connectivity index (χ1n) is 11.4. The normalized spacial score (nSPS) is 21.6. The van der Waals surface area contributed by atoms with Crippen LogP contribution >= 0.6 is 0 Å². The van der Waals surface area contributed by atoms with Crippen LogP contribution in [-0.4, -0.2) is 34.9 Å². The Hall–Kier alpha value is -4.06. The van der Waals surface area contributed by atoms with Crippen LogP contribution in [0.15, 0.2) is 42.9 Å². The summed E-state index contributed by atoms with van der Waals surface area (Å²) in [6.07, 6.45) is 10.7. The molecule has 2 aliphatic carbocycles. The minimum Gasteiger partial charge on any atom is -0.220 e. The molecule has 174 valence electrons. The average Bonchev–Trinajstić information content (AvgIpc) is 3.47. The predicted octanol–water partition coefficient (Wildman–Crippen LogP) is 4.17. The summed E-state index contributed by atoms with van der Waals surface area (Å²) < 4.78 is 30.5. The van der Waals surface area contributed by atoms with Crippen molar-refractivity contribution in [2.75, 3.05) is 0 Å². The maximum absolute atomic E-state index is 14.5. The lowest BCUT2D eigenvalue weighted by molar-refractivity contribution is 0.242. The second-order valence-corrected chi connectivity index (χ2v) is 9.58. The van der Waals surface area contributed by atoms with Crippen molar-refractivity contribution in [2.45, 2.75) is 44.4 Å². The van der Waals surface area contributed by atoms with Crippen molar-refractivity contribution in [3.8, 4) is 29.5 Å². The fraction of sp³-hybridized carbons (Fsp3) is 0.308. The molecular weight excluding hydrogens is 448 g/mol. The number of benzene rings is 1. The van der Waals surface area contributed by atoms with Gasteiger partial charge in [0.1, 0.15) is 18.0 Å². The molecule has 3 heterocycles. The largest absolute Gasteiger partial charge is 0.252 e. The topological polar surface area (TPSA) is 82.3 Å². The molecule has 35 heavy (non-hydrogen) atoms. The quantitative estimate of drug-likeness (QED) is 0.417. The molecule has 3 aromatic heterocycles. The van der Waals surface area contributed by atoms with Crippen LogP contribution in [0, 0.1) is 29.4 Å². The lowest BCUT2D eigenvalue weighted by Crippen LogP contribution is -2.38. The smallest absolute Gasteiger partial charge is 0.220 e. The van der Waals surface area contributed by atoms with Gasteiger partial charge < -0.3 is 0 Å². The number of nitrogens with zero attached hydrogens (tertiary/aromatic N) is 7. The summed E-state index contributed by atoms with van der Waals surface area (Å²) in [5.41, 5.74) is 1.84. The minimum atomic E-state index is -0.658. The summed E-state index contributed by atoms with van der Waals surface area (Å²) in [5, 5.41) is 13.2. The lowest BCUT2D eigenvalue weighted by Gasteiger charge is -2.37. The SMILES string of the molecule is C#CCc1ncn(-c2nccc([C@@]34CC[C@@H](c5cc(-c6c(F)cccc6F)nnc53)C4(C)C)n2)n1. The van der Waals surface area contributed by atoms with Crippen LogP contribution in [0.4, 0.5) is 8.78 Å². The van der Waals surface area contributed by atoms with Gasteiger partial charge in [0.15, 0.2) is 5.82 Å². The number of aromatic nitrogens is 7. The number of hydrogen-bond acceptors (Lipinski definition) is 6. The fourth-order valence-electron chi connectivity index (χ4n) is 6.02. The van der Waals surface area contributed by atoms with Crippen molar-refractivity contribution in [1.29, 1.82) is 0 Å². The molecule has 0 aliphatic heterocycles. The maximum atomic E-state index is 14.5. The highest BCUT2D eigenvalue weighted by Crippen LogP contribution is 2.69. The third kappa shape index (κ3) is 2.89. The molecule has 2 bridgehead atoms. The van der Waals surface area contributed by atoms with E-state index < -0.39 is 17.0 Å². The maximum Gasteiger partial charge on any atom is 0.252 e. The summed E-state index contributed by atoms with van der Waals surface area (Å²) in [6.45, 7) is 4.38. The van der Waals surface area contributed by atoms with Crippen LogP contribution in [0.5, 0.6) is 0 Å². The zero-order valence-corrected chi connectivity index (χ0v) is 19.2. The molecule has 9 heteroatoms. The van der Waals surface area contributed by atoms with E-state index in [1.807, 2.05) is 6.07 Å². The number of hydrogen-bond donors (Lipinski definition) is 0. The molecule has 0 spiro atoms. The minimum absolute atomic E-state index is 0.147. The Morgan fingerprint density at radius 3 is 2.71 bits per heavy atom. The molecule has 6 rings (SSSR count). The molecule has 4 aromatic rings. The summed E-state index contributed by atoms with van der Waals surface area (Å²) in [5.74, 6) is 2.27. The predicted molar refractivity (Wildman–Crippen MR) is 123 cm³/mol. The van der Waals surface area contributed by atoms with Crippen LogP contribution in [0.3, 0.4) is 0 Å². The van der Waals surface area contributed by atoms with E-state index in [-0.39, 0.29) is 22.6 Å². The van der Waals surface area contributed by atoms with Gasteiger partial charge in [-0.2, -0.15) is 9.78 Å². The molecule has 0 saturated heterocycles. The van der Waals surface area contributed by atoms with Gasteiger partial charge in [0.25, 0.3) is 5.95 Å². The molecule has 0 N–H and O–H groups in total. The molecule has 1 saturated carbocycles. The van der Waals surface area contributed by atoms with Crippen molar-refractivity contribution in [3.05, 3.63) is 77.3 Å². The van der Waals surface area contributed by atoms with Crippen molar-refractivity contribution in [2.24, 2.45) is 5.41 Å². The van der Waals surface area contributed by atoms with Gasteiger partial charge in [0.05, 0.1) is 34.5 Å². The van der Waals surface area contributed by atoms with Crippen molar-refractivity contribution in [1.82, 2.24) is 34.9 Å². The summed E-state index contributed by atoms with van der Waals surface area (Å²) in [6, 6.07) is 7.49. The van der Waals surface area contributed by atoms with Gasteiger partial charge in [0.2, 0.25) is 0 Å². The van der Waals surface area contributed by atoms with E-state index in [9.17, 15) is 8.78 Å². The number of halogens is 2. The summed E-state index contributed by atoms with van der Waals surface area (Å²) >= 11 is 0. The van der Waals surface area contributed by atoms with E-state index in [0.29, 0.717) is 18.2 Å². The third-order valence-corrected chi connectivity index (χ3v) is 7.69. The standard InChI is InChI=1S/C26H21F2N7/c1-4-6-21-30-14-35(34-21)24-29-12-10-20(31-24)26-11-9-16(25(26,2)3)15-13-19(32-33-23(15)26)22-17(27)7-5-8-18(22)28/h1,5,7-8,10,12-14,16H,6,9,11H2,2-3H3/t16-,26-/m0/s1. The van der Waals surface area contributed by atoms with Gasteiger partial charge >= 0.3 is 0 Å². The molecular formula is C26H21F2N7. The lowest BCUT2D eigenvalue weighted by atomic mass is 9.66. The third-order valence-electron chi connectivity index (χ3n) is 7.69. The Bertz CT molecular complexity index is 1500. The van der Waals surface area contributed by atoms with Gasteiger partial charge in [-0.05, 0) is 54.0 Å². The van der Waals surface area contributed by atoms with Crippen molar-refractivity contribution in [3.63, 3.8) is 0 Å². The summed E-state index contributed by atoms with van der Waals surface area (Å²) in [7, 11) is 0. The van der Waals surface area contributed by atoms with E-state index in [2.05, 4.69) is 45.0 Å². The second kappa shape index (κ2) is 7.47. The van der Waals surface area contributed by atoms with Crippen LogP contribution < -0.4 is 0 Å². The van der Waals surface area contributed by atoms with E-state index in [1.165, 1.54) is 22.9 Å². The summed E-state index contributed by atoms with van der Waals surface area (Å²) in [4.78, 5) is 13.5. The van der Waals surface area contributed by atoms with Crippen LogP contribution in [0.1, 0.15) is 55.4 Å². The first-order valence-corrected chi connectivity index (χ1v) is 11.4. The van der Waals surface area contributed by atoms with Crippen LogP contribution in [-0.2, 0) is 11.8 Å². The Morgan fingerprint density at radius 2 is 1.94 bits per heavy atom. The van der Waals surface area contributed by atoms with Gasteiger partial charge in [-0.1, -0.05) is 25.8 Å². The first kappa shape index (κ1) is 21.5. The molecule has 2 aliphatic rings. The van der Waals surface area contributed by atoms with E-state index in [4.69, 9.17) is 11.4 Å². The van der Waals surface area contributed by atoms with Crippen molar-refractivity contribution < 1.29 is 8.78 Å². The second-order valence-electron chi connectivity index (χ2n) is 9.58. The highest BCUT2D eigenvalue weighted by molar-refractivity contribution is 5.64. The van der Waals surface area contributed by atoms with E-state index in [1.54, 1.807) is 18.6 Å². The molecule has 7 nitrogen and oxygen atoms in total. The van der Waals surface area contributed by atoms with Gasteiger partial charge in [-0.15, -0.1) is 16.6 Å². The first-order chi connectivity index (χ1) is 16.9. The Morgan fingerprint density at radius 1 is 1.14 bits per heavy atom. The zero-order chi connectivity index (χ0) is 24.4. The Kier molecular flexibility index (Phi) is 4.58. The average molecular weight is 469 g/mol. The molecule has 1 aromatic carbocycles. The van der Waals surface area contributed by atoms with Crippen LogP contribution in [0.25, 0.3) is 17.2 Å². The van der Waals surface area contributed by atoms with Gasteiger partial charge in [-0.25, -0.2) is 23.7 Å². The van der Waals surface area contributed by atoms with Gasteiger partial charge in [-0.3, -0.25) is 0 Å². The monoisotopic (exact) mass is 469 g/mol. The number of terminal acetylenes is 1. The molecule has 0 unspecified atom stereocenters. The van der Waals surface area contributed by atoms with E-state index in [0.717, 1.165) is 29.8 Å². The highest BCUT2D eigenvalue weighted by atomic mass is 19.1. The Labute approximate surface area is 200 Å². The number of fused-ring (bicyclic) bond motifs is 5. The molecule has 1 fully saturated rings. The molecule has 0 radical (unpaired) electrons. The highest BCUT2D eigenvalue weighted by Gasteiger charge is 2.65. The van der Waals surface area contributed by atoms with Crippen molar-refractivity contribution >= 4 is 0 Å². The van der Waals surface area contributed by atoms with Crippen LogP contribution in [0.2, 0.25) is 0 Å². The van der Waals surface area contributed by atoms with Gasteiger partial charge in [0, 0.05) is 6.20 Å². The zero-order valence-electron chi connectivity index (χ0n) is 19.2. The molecule has 0 amide bonds.